The summed E-state index contributed by atoms with van der Waals surface area (Å²) in [6.07, 6.45) is -0.404. The zero-order chi connectivity index (χ0) is 13.2. The molecule has 1 amide bonds. The minimum absolute atomic E-state index is 0.0833. The summed E-state index contributed by atoms with van der Waals surface area (Å²) >= 11 is 1.56. The molecule has 1 atom stereocenters. The van der Waals surface area contributed by atoms with Crippen molar-refractivity contribution in [1.29, 1.82) is 0 Å². The monoisotopic (exact) mass is 269 g/mol. The molecule has 0 aliphatic carbocycles. The van der Waals surface area contributed by atoms with E-state index in [4.69, 9.17) is 4.74 Å². The van der Waals surface area contributed by atoms with Gasteiger partial charge in [-0.25, -0.2) is 4.98 Å². The van der Waals surface area contributed by atoms with Crippen molar-refractivity contribution in [3.8, 4) is 0 Å². The van der Waals surface area contributed by atoms with Crippen molar-refractivity contribution in [1.82, 2.24) is 15.6 Å². The lowest BCUT2D eigenvalue weighted by Crippen LogP contribution is -2.52. The molecule has 2 rings (SSSR count). The van der Waals surface area contributed by atoms with Gasteiger partial charge in [0.1, 0.15) is 11.1 Å². The van der Waals surface area contributed by atoms with Crippen molar-refractivity contribution in [2.24, 2.45) is 0 Å². The maximum atomic E-state index is 12.1. The Bertz CT molecular complexity index is 425. The van der Waals surface area contributed by atoms with E-state index in [1.807, 2.05) is 26.2 Å². The molecule has 1 aromatic heterocycles. The molecule has 2 heterocycles. The zero-order valence-electron chi connectivity index (χ0n) is 10.9. The average Bonchev–Trinajstić information content (AvgIpc) is 2.77. The lowest BCUT2D eigenvalue weighted by Gasteiger charge is -2.29. The maximum absolute atomic E-state index is 12.1. The smallest absolute Gasteiger partial charge is 0.251 e. The summed E-state index contributed by atoms with van der Waals surface area (Å²) in [5.41, 5.74) is 0.518. The van der Waals surface area contributed by atoms with Gasteiger partial charge in [0.25, 0.3) is 5.91 Å². The number of aromatic nitrogens is 1. The van der Waals surface area contributed by atoms with Crippen LogP contribution in [-0.2, 0) is 15.1 Å². The van der Waals surface area contributed by atoms with Gasteiger partial charge < -0.3 is 15.4 Å². The molecule has 100 valence electrons. The van der Waals surface area contributed by atoms with Crippen molar-refractivity contribution in [2.45, 2.75) is 32.4 Å². The van der Waals surface area contributed by atoms with Crippen LogP contribution in [0.5, 0.6) is 0 Å². The normalized spacial score (nSPS) is 20.7. The number of hydrogen-bond donors (Lipinski definition) is 2. The lowest BCUT2D eigenvalue weighted by molar-refractivity contribution is -0.136. The second-order valence-electron chi connectivity index (χ2n) is 4.97. The molecule has 0 radical (unpaired) electrons. The number of carbonyl (C=O) groups is 1. The Morgan fingerprint density at radius 2 is 2.44 bits per heavy atom. The second kappa shape index (κ2) is 5.34. The number of amides is 1. The van der Waals surface area contributed by atoms with Crippen molar-refractivity contribution in [2.75, 3.05) is 19.7 Å². The summed E-state index contributed by atoms with van der Waals surface area (Å²) < 4.78 is 5.44. The van der Waals surface area contributed by atoms with Gasteiger partial charge in [0.05, 0.1) is 12.1 Å². The number of nitrogens with zero attached hydrogens (tertiary/aromatic N) is 1. The van der Waals surface area contributed by atoms with E-state index in [0.29, 0.717) is 13.2 Å². The molecule has 2 N–H and O–H groups in total. The highest BCUT2D eigenvalue weighted by atomic mass is 32.1. The largest absolute Gasteiger partial charge is 0.366 e. The number of aryl methyl sites for hydroxylation is 1. The molecular formula is C12H19N3O2S. The van der Waals surface area contributed by atoms with E-state index in [1.54, 1.807) is 11.3 Å². The van der Waals surface area contributed by atoms with Crippen LogP contribution in [0.15, 0.2) is 5.38 Å². The molecule has 1 aliphatic heterocycles. The van der Waals surface area contributed by atoms with Crippen LogP contribution in [0, 0.1) is 6.92 Å². The molecule has 1 saturated heterocycles. The van der Waals surface area contributed by atoms with Crippen molar-refractivity contribution in [3.05, 3.63) is 16.1 Å². The molecule has 6 heteroatoms. The average molecular weight is 269 g/mol. The number of hydrogen-bond acceptors (Lipinski definition) is 5. The van der Waals surface area contributed by atoms with E-state index in [2.05, 4.69) is 15.6 Å². The molecule has 1 aliphatic rings. The second-order valence-corrected chi connectivity index (χ2v) is 5.83. The van der Waals surface area contributed by atoms with Gasteiger partial charge in [0.15, 0.2) is 0 Å². The molecule has 1 fully saturated rings. The van der Waals surface area contributed by atoms with Crippen LogP contribution in [0.3, 0.4) is 0 Å². The third-order valence-electron chi connectivity index (χ3n) is 2.81. The lowest BCUT2D eigenvalue weighted by atomic mass is 10.1. The van der Waals surface area contributed by atoms with Crippen molar-refractivity contribution >= 4 is 17.2 Å². The van der Waals surface area contributed by atoms with Gasteiger partial charge in [-0.05, 0) is 20.8 Å². The Balaban J connectivity index is 2.00. The minimum Gasteiger partial charge on any atom is -0.366 e. The maximum Gasteiger partial charge on any atom is 0.251 e. The number of thiazole rings is 1. The predicted molar refractivity (Wildman–Crippen MR) is 70.6 cm³/mol. The van der Waals surface area contributed by atoms with E-state index in [0.717, 1.165) is 17.2 Å². The number of rotatable bonds is 3. The SMILES string of the molecule is Cc1csc(C(C)(C)NC(=O)C2CNCCO2)n1. The fourth-order valence-corrected chi connectivity index (χ4v) is 2.69. The first kappa shape index (κ1) is 13.5. The highest BCUT2D eigenvalue weighted by Gasteiger charge is 2.30. The Morgan fingerprint density at radius 1 is 1.67 bits per heavy atom. The summed E-state index contributed by atoms with van der Waals surface area (Å²) in [5.74, 6) is -0.0833. The molecule has 5 nitrogen and oxygen atoms in total. The zero-order valence-corrected chi connectivity index (χ0v) is 11.8. The van der Waals surface area contributed by atoms with E-state index < -0.39 is 11.6 Å². The molecule has 1 aromatic rings. The summed E-state index contributed by atoms with van der Waals surface area (Å²) in [7, 11) is 0. The molecule has 0 aromatic carbocycles. The first-order valence-corrected chi connectivity index (χ1v) is 6.94. The van der Waals surface area contributed by atoms with E-state index in [-0.39, 0.29) is 5.91 Å². The highest BCUT2D eigenvalue weighted by molar-refractivity contribution is 7.09. The molecule has 0 spiro atoms. The number of morpholine rings is 1. The first-order valence-electron chi connectivity index (χ1n) is 6.06. The van der Waals surface area contributed by atoms with Crippen LogP contribution in [0.4, 0.5) is 0 Å². The van der Waals surface area contributed by atoms with Gasteiger partial charge in [-0.3, -0.25) is 4.79 Å². The summed E-state index contributed by atoms with van der Waals surface area (Å²) in [4.78, 5) is 16.5. The summed E-state index contributed by atoms with van der Waals surface area (Å²) in [5, 5.41) is 9.05. The van der Waals surface area contributed by atoms with E-state index in [9.17, 15) is 4.79 Å². The topological polar surface area (TPSA) is 63.2 Å². The Kier molecular flexibility index (Phi) is 3.99. The quantitative estimate of drug-likeness (QED) is 0.851. The van der Waals surface area contributed by atoms with Crippen LogP contribution in [0.2, 0.25) is 0 Å². The van der Waals surface area contributed by atoms with Gasteiger partial charge in [0.2, 0.25) is 0 Å². The van der Waals surface area contributed by atoms with E-state index >= 15 is 0 Å². The number of carbonyl (C=O) groups excluding carboxylic acids is 1. The van der Waals surface area contributed by atoms with Crippen LogP contribution in [-0.4, -0.2) is 36.7 Å². The Labute approximate surface area is 111 Å². The Hall–Kier alpha value is -0.980. The van der Waals surface area contributed by atoms with Gasteiger partial charge >= 0.3 is 0 Å². The first-order chi connectivity index (χ1) is 8.49. The Morgan fingerprint density at radius 3 is 3.00 bits per heavy atom. The van der Waals surface area contributed by atoms with Crippen LogP contribution < -0.4 is 10.6 Å². The number of nitrogens with one attached hydrogen (secondary N) is 2. The minimum atomic E-state index is -0.461. The van der Waals surface area contributed by atoms with Gasteiger partial charge in [-0.2, -0.15) is 0 Å². The summed E-state index contributed by atoms with van der Waals surface area (Å²) in [6, 6.07) is 0. The molecule has 18 heavy (non-hydrogen) atoms. The van der Waals surface area contributed by atoms with Gasteiger partial charge in [0, 0.05) is 24.2 Å². The molecule has 0 saturated carbocycles. The summed E-state index contributed by atoms with van der Waals surface area (Å²) in [6.45, 7) is 7.82. The fourth-order valence-electron chi connectivity index (χ4n) is 1.82. The third-order valence-corrected chi connectivity index (χ3v) is 4.09. The van der Waals surface area contributed by atoms with Crippen LogP contribution >= 0.6 is 11.3 Å². The molecule has 1 unspecified atom stereocenters. The van der Waals surface area contributed by atoms with Crippen LogP contribution in [0.1, 0.15) is 24.5 Å². The van der Waals surface area contributed by atoms with Crippen molar-refractivity contribution < 1.29 is 9.53 Å². The standard InChI is InChI=1S/C12H19N3O2S/c1-8-7-18-11(14-8)12(2,3)15-10(16)9-6-13-4-5-17-9/h7,9,13H,4-6H2,1-3H3,(H,15,16). The third kappa shape index (κ3) is 3.07. The number of ether oxygens (including phenoxy) is 1. The highest BCUT2D eigenvalue weighted by Crippen LogP contribution is 2.23. The predicted octanol–water partition coefficient (Wildman–Crippen LogP) is 0.791. The van der Waals surface area contributed by atoms with E-state index in [1.165, 1.54) is 0 Å². The van der Waals surface area contributed by atoms with Gasteiger partial charge in [-0.15, -0.1) is 11.3 Å². The molecule has 0 bridgehead atoms. The fraction of sp³-hybridized carbons (Fsp3) is 0.667. The van der Waals surface area contributed by atoms with Gasteiger partial charge in [-0.1, -0.05) is 0 Å². The molecular weight excluding hydrogens is 250 g/mol. The van der Waals surface area contributed by atoms with Crippen LogP contribution in [0.25, 0.3) is 0 Å². The van der Waals surface area contributed by atoms with Crippen molar-refractivity contribution in [3.63, 3.8) is 0 Å².